The number of fused-ring (bicyclic) bond motifs is 2. The second-order valence-corrected chi connectivity index (χ2v) is 24.0. The van der Waals surface area contributed by atoms with Gasteiger partial charge in [-0.2, -0.15) is 26.3 Å². The molecule has 5 heterocycles. The summed E-state index contributed by atoms with van der Waals surface area (Å²) in [6.07, 6.45) is -12.8. The molecule has 0 aliphatic carbocycles. The van der Waals surface area contributed by atoms with Crippen molar-refractivity contribution in [2.45, 2.75) is 168 Å². The number of nitrogens with zero attached hydrogens (tertiary/aromatic N) is 7. The van der Waals surface area contributed by atoms with Crippen molar-refractivity contribution in [3.8, 4) is 0 Å². The third-order valence-electron chi connectivity index (χ3n) is 13.5. The minimum atomic E-state index is -4.93. The SMILES string of the molecule is CC(C)(C)OC(=O)C(CC(=O)N1CCn2c(C(F)(F)F)nc(C(=O)O)c2C1)Cc1cc(F)c(F)cc1F.CC(C)(C)OC(=O)NC(CC(=O)N1CCn2c(C(F)(F)F)nc(C(=O)N3CCC[C@@H](NC(=O)OC(C)(C)C)C3)c2C1)Cc1cc(F)c(F)cc1F. The molecule has 484 valence electrons. The Balaban J connectivity index is 0.000000295. The molecule has 2 aromatic carbocycles. The van der Waals surface area contributed by atoms with E-state index in [1.165, 1.54) is 9.80 Å². The molecule has 88 heavy (non-hydrogen) atoms. The zero-order valence-electron chi connectivity index (χ0n) is 49.1. The first-order valence-corrected chi connectivity index (χ1v) is 27.4. The first-order valence-electron chi connectivity index (χ1n) is 27.4. The lowest BCUT2D eigenvalue weighted by atomic mass is 9.94. The van der Waals surface area contributed by atoms with Gasteiger partial charge in [-0.25, -0.2) is 50.7 Å². The number of alkyl halides is 6. The van der Waals surface area contributed by atoms with Crippen molar-refractivity contribution in [3.63, 3.8) is 0 Å². The minimum Gasteiger partial charge on any atom is -0.476 e. The van der Waals surface area contributed by atoms with E-state index in [1.54, 1.807) is 62.3 Å². The number of likely N-dealkylation sites (tertiary alicyclic amines) is 1. The van der Waals surface area contributed by atoms with Gasteiger partial charge in [0.2, 0.25) is 23.5 Å². The molecular formula is C56H65F12N9O11. The lowest BCUT2D eigenvalue weighted by molar-refractivity contribution is -0.162. The molecule has 3 aliphatic heterocycles. The molecule has 4 aromatic rings. The molecule has 0 spiro atoms. The van der Waals surface area contributed by atoms with Crippen LogP contribution in [0.4, 0.5) is 62.3 Å². The second-order valence-electron chi connectivity index (χ2n) is 24.0. The highest BCUT2D eigenvalue weighted by atomic mass is 19.4. The molecular weight excluding hydrogens is 1200 g/mol. The van der Waals surface area contributed by atoms with Gasteiger partial charge in [-0.1, -0.05) is 0 Å². The molecule has 7 rings (SSSR count). The van der Waals surface area contributed by atoms with Crippen molar-refractivity contribution in [2.24, 2.45) is 5.92 Å². The van der Waals surface area contributed by atoms with E-state index in [4.69, 9.17) is 14.2 Å². The first-order chi connectivity index (χ1) is 40.5. The van der Waals surface area contributed by atoms with Crippen molar-refractivity contribution in [2.75, 3.05) is 26.2 Å². The zero-order valence-corrected chi connectivity index (χ0v) is 49.1. The van der Waals surface area contributed by atoms with Gasteiger partial charge in [-0.15, -0.1) is 0 Å². The standard InChI is InChI=1S/C33H42F6N6O6.C23H23F6N3O5/c1-31(2,3)50-29(48)40-19-8-7-9-44(16-19)27(47)26-24-17-43(10-11-45(24)28(42-26)33(37,38)39)25(46)14-20(41-30(49)51-32(4,5)6)12-18-13-22(35)23(36)15-21(18)34;1-22(2,3)37-20(36)12(6-11-7-14(25)15(26)9-13(11)24)8-17(33)31-4-5-32-16(10-31)18(19(34)35)30-21(32)23(27,28)29/h13,15,19-20H,7-12,14,16-17H2,1-6H3,(H,40,48)(H,41,49);7,9,12H,4-6,8,10H2,1-3H3,(H,34,35)/t19-,20?;/m1./s1. The number of aromatic nitrogens is 4. The van der Waals surface area contributed by atoms with E-state index in [1.807, 2.05) is 0 Å². The monoisotopic (exact) mass is 1270 g/mol. The fraction of sp³-hybridized carbons (Fsp3) is 0.554. The maximum Gasteiger partial charge on any atom is 0.449 e. The van der Waals surface area contributed by atoms with E-state index >= 15 is 0 Å². The van der Waals surface area contributed by atoms with E-state index < -0.39 is 192 Å². The predicted molar refractivity (Wildman–Crippen MR) is 282 cm³/mol. The Morgan fingerprint density at radius 2 is 1.01 bits per heavy atom. The van der Waals surface area contributed by atoms with Gasteiger partial charge < -0.3 is 53.8 Å². The number of carboxylic acids is 1. The fourth-order valence-electron chi connectivity index (χ4n) is 9.76. The summed E-state index contributed by atoms with van der Waals surface area (Å²) < 4.78 is 183. The first kappa shape index (κ1) is 69.0. The molecule has 3 atom stereocenters. The van der Waals surface area contributed by atoms with Crippen LogP contribution in [-0.2, 0) is 80.0 Å². The quantitative estimate of drug-likeness (QED) is 0.0490. The zero-order chi connectivity index (χ0) is 65.9. The molecule has 5 amide bonds. The molecule has 0 bridgehead atoms. The number of amides is 5. The van der Waals surface area contributed by atoms with Gasteiger partial charge in [0.25, 0.3) is 5.91 Å². The average Bonchev–Trinajstić information content (AvgIpc) is 2.85. The molecule has 2 aromatic heterocycles. The largest absolute Gasteiger partial charge is 0.476 e. The van der Waals surface area contributed by atoms with Crippen LogP contribution >= 0.6 is 0 Å². The highest BCUT2D eigenvalue weighted by molar-refractivity contribution is 5.94. The molecule has 1 fully saturated rings. The normalized spacial score (nSPS) is 16.3. The van der Waals surface area contributed by atoms with Crippen molar-refractivity contribution in [3.05, 3.63) is 105 Å². The summed E-state index contributed by atoms with van der Waals surface area (Å²) in [6, 6.07) is 0.0406. The number of hydrogen-bond acceptors (Lipinski definition) is 12. The summed E-state index contributed by atoms with van der Waals surface area (Å²) >= 11 is 0. The Hall–Kier alpha value is -8.09. The molecule has 20 nitrogen and oxygen atoms in total. The third kappa shape index (κ3) is 18.2. The van der Waals surface area contributed by atoms with Gasteiger partial charge in [-0.05, 0) is 111 Å². The number of benzene rings is 2. The predicted octanol–water partition coefficient (Wildman–Crippen LogP) is 9.27. The molecule has 3 aliphatic rings. The van der Waals surface area contributed by atoms with E-state index in [0.717, 1.165) is 9.47 Å². The van der Waals surface area contributed by atoms with Crippen LogP contribution in [0.2, 0.25) is 0 Å². The number of piperidine rings is 1. The van der Waals surface area contributed by atoms with Crippen LogP contribution in [-0.4, -0.2) is 136 Å². The summed E-state index contributed by atoms with van der Waals surface area (Å²) in [7, 11) is 0. The summed E-state index contributed by atoms with van der Waals surface area (Å²) in [6.45, 7) is 12.3. The number of alkyl carbamates (subject to hydrolysis) is 2. The summed E-state index contributed by atoms with van der Waals surface area (Å²) in [5.74, 6) is -16.9. The lowest BCUT2D eigenvalue weighted by Crippen LogP contribution is -2.51. The minimum absolute atomic E-state index is 0.0209. The van der Waals surface area contributed by atoms with Crippen LogP contribution in [0.1, 0.15) is 143 Å². The summed E-state index contributed by atoms with van der Waals surface area (Å²) in [4.78, 5) is 100. The Labute approximate surface area is 495 Å². The number of carbonyl (C=O) groups excluding carboxylic acids is 6. The number of imidazole rings is 2. The maximum absolute atomic E-state index is 14.6. The van der Waals surface area contributed by atoms with E-state index in [2.05, 4.69) is 20.6 Å². The van der Waals surface area contributed by atoms with Crippen molar-refractivity contribution >= 4 is 41.8 Å². The summed E-state index contributed by atoms with van der Waals surface area (Å²) in [5, 5.41) is 14.4. The number of esters is 1. The highest BCUT2D eigenvalue weighted by Gasteiger charge is 2.45. The Kier molecular flexibility index (Phi) is 20.9. The van der Waals surface area contributed by atoms with Gasteiger partial charge in [-0.3, -0.25) is 19.2 Å². The molecule has 3 N–H and O–H groups in total. The number of carbonyl (C=O) groups is 7. The van der Waals surface area contributed by atoms with Crippen LogP contribution in [0.3, 0.4) is 0 Å². The summed E-state index contributed by atoms with van der Waals surface area (Å²) in [5.41, 5.74) is -5.36. The smallest absolute Gasteiger partial charge is 0.449 e. The van der Waals surface area contributed by atoms with E-state index in [-0.39, 0.29) is 55.2 Å². The van der Waals surface area contributed by atoms with Crippen molar-refractivity contribution in [1.29, 1.82) is 0 Å². The Morgan fingerprint density at radius 3 is 1.49 bits per heavy atom. The fourth-order valence-corrected chi connectivity index (χ4v) is 9.76. The van der Waals surface area contributed by atoms with Crippen LogP contribution in [0, 0.1) is 40.8 Å². The number of halogens is 12. The molecule has 0 radical (unpaired) electrons. The van der Waals surface area contributed by atoms with Gasteiger partial charge in [0.15, 0.2) is 34.7 Å². The molecule has 1 saturated heterocycles. The van der Waals surface area contributed by atoms with Crippen molar-refractivity contribution in [1.82, 2.24) is 44.4 Å². The maximum atomic E-state index is 14.6. The number of ether oxygens (including phenoxy) is 3. The second kappa shape index (κ2) is 26.7. The average molecular weight is 1270 g/mol. The number of rotatable bonds is 13. The highest BCUT2D eigenvalue weighted by Crippen LogP contribution is 2.35. The Bertz CT molecular complexity index is 3310. The van der Waals surface area contributed by atoms with Gasteiger partial charge >= 0.3 is 36.5 Å². The van der Waals surface area contributed by atoms with Crippen LogP contribution in [0.25, 0.3) is 0 Å². The third-order valence-corrected chi connectivity index (χ3v) is 13.5. The molecule has 0 saturated carbocycles. The number of nitrogens with one attached hydrogen (secondary N) is 2. The van der Waals surface area contributed by atoms with Crippen LogP contribution < -0.4 is 10.6 Å². The van der Waals surface area contributed by atoms with Gasteiger partial charge in [0.1, 0.15) is 28.4 Å². The van der Waals surface area contributed by atoms with Crippen LogP contribution in [0.15, 0.2) is 24.3 Å². The number of aromatic carboxylic acids is 1. The number of carboxylic acid groups (broad SMARTS) is 1. The van der Waals surface area contributed by atoms with Gasteiger partial charge in [0.05, 0.1) is 30.4 Å². The topological polar surface area (TPSA) is 237 Å². The Morgan fingerprint density at radius 1 is 0.568 bits per heavy atom. The van der Waals surface area contributed by atoms with E-state index in [9.17, 15) is 91.4 Å². The van der Waals surface area contributed by atoms with Crippen molar-refractivity contribution < 1.29 is 106 Å². The van der Waals surface area contributed by atoms with E-state index in [0.29, 0.717) is 41.7 Å². The molecule has 32 heteroatoms. The molecule has 2 unspecified atom stereocenters. The number of hydrogen-bond donors (Lipinski definition) is 3. The van der Waals surface area contributed by atoms with Crippen LogP contribution in [0.5, 0.6) is 0 Å². The lowest BCUT2D eigenvalue weighted by Gasteiger charge is -2.34. The van der Waals surface area contributed by atoms with Gasteiger partial charge in [0, 0.05) is 76.3 Å².